The molecule has 3 rings (SSSR count). The lowest BCUT2D eigenvalue weighted by Gasteiger charge is -2.11. The summed E-state index contributed by atoms with van der Waals surface area (Å²) >= 11 is 0. The van der Waals surface area contributed by atoms with Crippen LogP contribution in [0.5, 0.6) is 0 Å². The lowest BCUT2D eigenvalue weighted by atomic mass is 10.1. The number of methoxy groups -OCH3 is 1. The van der Waals surface area contributed by atoms with Crippen LogP contribution in [0.25, 0.3) is 10.8 Å². The number of benzene rings is 2. The number of anilines is 1. The van der Waals surface area contributed by atoms with E-state index in [1.54, 1.807) is 48.5 Å². The van der Waals surface area contributed by atoms with Crippen LogP contribution in [0.3, 0.4) is 0 Å². The van der Waals surface area contributed by atoms with Crippen molar-refractivity contribution in [2.24, 2.45) is 0 Å². The Morgan fingerprint density at radius 1 is 1.04 bits per heavy atom. The summed E-state index contributed by atoms with van der Waals surface area (Å²) in [5, 5.41) is 7.89. The normalized spacial score (nSPS) is 10.5. The fourth-order valence-corrected chi connectivity index (χ4v) is 2.61. The molecule has 1 aromatic heterocycles. The Bertz CT molecular complexity index is 1010. The van der Waals surface area contributed by atoms with Gasteiger partial charge in [-0.05, 0) is 18.2 Å². The predicted octanol–water partition coefficient (Wildman–Crippen LogP) is 1.75. The highest BCUT2D eigenvalue weighted by Gasteiger charge is 2.15. The van der Waals surface area contributed by atoms with Crippen molar-refractivity contribution in [2.75, 3.05) is 12.4 Å². The molecular weight excluding hydrogens is 334 g/mol. The number of para-hydroxylation sites is 1. The lowest BCUT2D eigenvalue weighted by Crippen LogP contribution is -2.31. The molecule has 1 heterocycles. The molecular formula is C19H17N3O4. The van der Waals surface area contributed by atoms with E-state index in [2.05, 4.69) is 15.2 Å². The molecule has 0 saturated carbocycles. The molecule has 7 heteroatoms. The van der Waals surface area contributed by atoms with Crippen molar-refractivity contribution in [3.63, 3.8) is 0 Å². The molecule has 0 aliphatic heterocycles. The number of carbonyl (C=O) groups excluding carboxylic acids is 2. The van der Waals surface area contributed by atoms with Gasteiger partial charge in [0, 0.05) is 11.1 Å². The maximum absolute atomic E-state index is 12.6. The molecule has 7 nitrogen and oxygen atoms in total. The van der Waals surface area contributed by atoms with E-state index in [4.69, 9.17) is 0 Å². The number of esters is 1. The molecule has 1 N–H and O–H groups in total. The van der Waals surface area contributed by atoms with Crippen LogP contribution < -0.4 is 10.9 Å². The Morgan fingerprint density at radius 2 is 1.69 bits per heavy atom. The summed E-state index contributed by atoms with van der Waals surface area (Å²) in [4.78, 5) is 36.5. The van der Waals surface area contributed by atoms with Gasteiger partial charge in [0.25, 0.3) is 5.56 Å². The number of fused-ring (bicyclic) bond motifs is 1. The Balaban J connectivity index is 1.95. The van der Waals surface area contributed by atoms with E-state index in [9.17, 15) is 14.4 Å². The van der Waals surface area contributed by atoms with Gasteiger partial charge in [-0.25, -0.2) is 4.68 Å². The number of aromatic nitrogens is 2. The average molecular weight is 351 g/mol. The molecule has 2 aromatic carbocycles. The van der Waals surface area contributed by atoms with E-state index in [1.165, 1.54) is 7.11 Å². The number of ether oxygens (including phenoxy) is 1. The van der Waals surface area contributed by atoms with Crippen molar-refractivity contribution >= 4 is 28.3 Å². The van der Waals surface area contributed by atoms with Gasteiger partial charge in [0.1, 0.15) is 6.54 Å². The van der Waals surface area contributed by atoms with Crippen molar-refractivity contribution < 1.29 is 14.3 Å². The van der Waals surface area contributed by atoms with Gasteiger partial charge >= 0.3 is 5.97 Å². The zero-order valence-corrected chi connectivity index (χ0v) is 14.1. The second-order valence-corrected chi connectivity index (χ2v) is 5.62. The second kappa shape index (κ2) is 7.60. The van der Waals surface area contributed by atoms with Crippen LogP contribution in [0.1, 0.15) is 5.69 Å². The van der Waals surface area contributed by atoms with Crippen LogP contribution in [-0.4, -0.2) is 28.8 Å². The highest BCUT2D eigenvalue weighted by Crippen LogP contribution is 2.14. The van der Waals surface area contributed by atoms with E-state index >= 15 is 0 Å². The molecule has 3 aromatic rings. The topological polar surface area (TPSA) is 90.3 Å². The highest BCUT2D eigenvalue weighted by molar-refractivity contribution is 5.91. The fraction of sp³-hybridized carbons (Fsp3) is 0.158. The van der Waals surface area contributed by atoms with Crippen molar-refractivity contribution in [3.8, 4) is 0 Å². The van der Waals surface area contributed by atoms with E-state index < -0.39 is 11.5 Å². The average Bonchev–Trinajstić information content (AvgIpc) is 2.66. The van der Waals surface area contributed by atoms with Gasteiger partial charge in [0.05, 0.1) is 24.6 Å². The van der Waals surface area contributed by atoms with Crippen LogP contribution in [0.4, 0.5) is 5.69 Å². The predicted molar refractivity (Wildman–Crippen MR) is 96.8 cm³/mol. The largest absolute Gasteiger partial charge is 0.469 e. The van der Waals surface area contributed by atoms with Gasteiger partial charge in [-0.15, -0.1) is 0 Å². The Labute approximate surface area is 149 Å². The first-order valence-corrected chi connectivity index (χ1v) is 7.99. The van der Waals surface area contributed by atoms with Gasteiger partial charge < -0.3 is 10.1 Å². The molecule has 132 valence electrons. The molecule has 0 saturated heterocycles. The zero-order chi connectivity index (χ0) is 18.5. The number of rotatable bonds is 5. The summed E-state index contributed by atoms with van der Waals surface area (Å²) in [7, 11) is 1.29. The Morgan fingerprint density at radius 3 is 2.38 bits per heavy atom. The number of nitrogens with zero attached hydrogens (tertiary/aromatic N) is 2. The van der Waals surface area contributed by atoms with Crippen LogP contribution >= 0.6 is 0 Å². The minimum absolute atomic E-state index is 0.0857. The monoisotopic (exact) mass is 351 g/mol. The Kier molecular flexibility index (Phi) is 5.07. The molecule has 0 unspecified atom stereocenters. The first kappa shape index (κ1) is 17.3. The molecule has 1 amide bonds. The molecule has 0 atom stereocenters. The number of hydrogen-bond acceptors (Lipinski definition) is 5. The first-order valence-electron chi connectivity index (χ1n) is 7.99. The van der Waals surface area contributed by atoms with Gasteiger partial charge in [-0.1, -0.05) is 36.4 Å². The molecule has 0 aliphatic carbocycles. The van der Waals surface area contributed by atoms with E-state index in [0.717, 1.165) is 4.68 Å². The van der Waals surface area contributed by atoms with Crippen molar-refractivity contribution in [2.45, 2.75) is 13.0 Å². The van der Waals surface area contributed by atoms with Crippen LogP contribution in [0.15, 0.2) is 59.4 Å². The smallest absolute Gasteiger partial charge is 0.311 e. The van der Waals surface area contributed by atoms with Gasteiger partial charge in [0.2, 0.25) is 5.91 Å². The molecule has 26 heavy (non-hydrogen) atoms. The quantitative estimate of drug-likeness (QED) is 0.707. The minimum Gasteiger partial charge on any atom is -0.469 e. The molecule has 0 bridgehead atoms. The number of amides is 1. The standard InChI is InChI=1S/C19H17N3O4/c1-26-18(24)11-16-14-9-5-6-10-15(14)19(25)22(21-16)12-17(23)20-13-7-3-2-4-8-13/h2-10H,11-12H2,1H3,(H,20,23). The highest BCUT2D eigenvalue weighted by atomic mass is 16.5. The maximum Gasteiger partial charge on any atom is 0.311 e. The van der Waals surface area contributed by atoms with Crippen LogP contribution in [-0.2, 0) is 27.3 Å². The number of hydrogen-bond donors (Lipinski definition) is 1. The third-order valence-corrected chi connectivity index (χ3v) is 3.83. The summed E-state index contributed by atoms with van der Waals surface area (Å²) < 4.78 is 5.76. The number of carbonyl (C=O) groups is 2. The van der Waals surface area contributed by atoms with E-state index in [0.29, 0.717) is 22.2 Å². The van der Waals surface area contributed by atoms with Gasteiger partial charge in [0.15, 0.2) is 0 Å². The molecule has 0 radical (unpaired) electrons. The van der Waals surface area contributed by atoms with E-state index in [1.807, 2.05) is 6.07 Å². The maximum atomic E-state index is 12.6. The third-order valence-electron chi connectivity index (χ3n) is 3.83. The molecule has 0 spiro atoms. The third kappa shape index (κ3) is 3.77. The van der Waals surface area contributed by atoms with Crippen molar-refractivity contribution in [1.82, 2.24) is 9.78 Å². The molecule has 0 fully saturated rings. The van der Waals surface area contributed by atoms with E-state index in [-0.39, 0.29) is 18.9 Å². The second-order valence-electron chi connectivity index (χ2n) is 5.62. The number of nitrogens with one attached hydrogen (secondary N) is 1. The summed E-state index contributed by atoms with van der Waals surface area (Å²) in [5.74, 6) is -0.855. The first-order chi connectivity index (χ1) is 12.6. The van der Waals surface area contributed by atoms with Crippen LogP contribution in [0, 0.1) is 0 Å². The summed E-state index contributed by atoms with van der Waals surface area (Å²) in [6.07, 6.45) is -0.0857. The lowest BCUT2D eigenvalue weighted by molar-refractivity contribution is -0.139. The van der Waals surface area contributed by atoms with Crippen molar-refractivity contribution in [1.29, 1.82) is 0 Å². The van der Waals surface area contributed by atoms with Crippen molar-refractivity contribution in [3.05, 3.63) is 70.6 Å². The Hall–Kier alpha value is -3.48. The summed E-state index contributed by atoms with van der Waals surface area (Å²) in [5.41, 5.74) is 0.623. The SMILES string of the molecule is COC(=O)Cc1nn(CC(=O)Nc2ccccc2)c(=O)c2ccccc12. The van der Waals surface area contributed by atoms with Gasteiger partial charge in [-0.2, -0.15) is 5.10 Å². The van der Waals surface area contributed by atoms with Crippen LogP contribution in [0.2, 0.25) is 0 Å². The van der Waals surface area contributed by atoms with Gasteiger partial charge in [-0.3, -0.25) is 14.4 Å². The fourth-order valence-electron chi connectivity index (χ4n) is 2.61. The molecule has 0 aliphatic rings. The summed E-state index contributed by atoms with van der Waals surface area (Å²) in [6.45, 7) is -0.257. The summed E-state index contributed by atoms with van der Waals surface area (Å²) in [6, 6.07) is 15.8. The minimum atomic E-state index is -0.471. The zero-order valence-electron chi connectivity index (χ0n) is 14.1.